The highest BCUT2D eigenvalue weighted by molar-refractivity contribution is 7.89. The molecule has 0 saturated heterocycles. The van der Waals surface area contributed by atoms with Crippen LogP contribution in [0, 0.1) is 6.92 Å². The van der Waals surface area contributed by atoms with E-state index in [0.29, 0.717) is 18.1 Å². The van der Waals surface area contributed by atoms with Crippen LogP contribution < -0.4 is 5.32 Å². The van der Waals surface area contributed by atoms with E-state index in [9.17, 15) is 13.2 Å². The molecule has 9 heteroatoms. The van der Waals surface area contributed by atoms with E-state index >= 15 is 0 Å². The van der Waals surface area contributed by atoms with Crippen LogP contribution in [-0.4, -0.2) is 50.6 Å². The summed E-state index contributed by atoms with van der Waals surface area (Å²) in [6.45, 7) is 3.97. The monoisotopic (exact) mass is 381 g/mol. The number of nitrogens with zero attached hydrogens (tertiary/aromatic N) is 2. The van der Waals surface area contributed by atoms with Gasteiger partial charge in [-0.15, -0.1) is 0 Å². The molecule has 26 heavy (non-hydrogen) atoms. The van der Waals surface area contributed by atoms with Crippen LogP contribution in [0.15, 0.2) is 39.8 Å². The third kappa shape index (κ3) is 4.90. The van der Waals surface area contributed by atoms with Crippen molar-refractivity contribution in [2.45, 2.75) is 31.3 Å². The van der Waals surface area contributed by atoms with Crippen LogP contribution in [0.2, 0.25) is 0 Å². The summed E-state index contributed by atoms with van der Waals surface area (Å²) in [7, 11) is -0.793. The van der Waals surface area contributed by atoms with Crippen molar-refractivity contribution in [1.82, 2.24) is 14.8 Å². The molecule has 0 saturated carbocycles. The minimum absolute atomic E-state index is 0.0308. The lowest BCUT2D eigenvalue weighted by Crippen LogP contribution is -2.35. The second-order valence-electron chi connectivity index (χ2n) is 6.05. The number of hydrogen-bond acceptors (Lipinski definition) is 6. The highest BCUT2D eigenvalue weighted by Gasteiger charge is 2.23. The first kappa shape index (κ1) is 20.1. The molecule has 1 N–H and O–H groups in total. The summed E-state index contributed by atoms with van der Waals surface area (Å²) in [6.07, 6.45) is 0. The number of carbonyl (C=O) groups is 1. The first-order valence-corrected chi connectivity index (χ1v) is 9.46. The molecule has 0 spiro atoms. The maximum Gasteiger partial charge on any atom is 0.251 e. The Hall–Kier alpha value is -2.23. The third-order valence-electron chi connectivity index (χ3n) is 3.65. The number of aryl methyl sites for hydroxylation is 1. The van der Waals surface area contributed by atoms with Crippen LogP contribution in [0.25, 0.3) is 0 Å². The standard InChI is InChI=1S/C17H23N3O5S/c1-12-8-15(25-19-12)10-20(3)26(22,23)16-7-5-6-14(9-16)17(21)18-13(2)11-24-4/h5-9,13H,10-11H2,1-4H3,(H,18,21). The number of ether oxygens (including phenoxy) is 1. The van der Waals surface area contributed by atoms with Crippen molar-refractivity contribution in [3.05, 3.63) is 47.3 Å². The molecule has 1 unspecified atom stereocenters. The Labute approximate surface area is 153 Å². The lowest BCUT2D eigenvalue weighted by molar-refractivity contribution is 0.0905. The van der Waals surface area contributed by atoms with Gasteiger partial charge < -0.3 is 14.6 Å². The maximum absolute atomic E-state index is 12.8. The zero-order valence-electron chi connectivity index (χ0n) is 15.2. The highest BCUT2D eigenvalue weighted by Crippen LogP contribution is 2.18. The number of amides is 1. The maximum atomic E-state index is 12.8. The van der Waals surface area contributed by atoms with Crippen molar-refractivity contribution in [1.29, 1.82) is 0 Å². The van der Waals surface area contributed by atoms with Gasteiger partial charge in [0.05, 0.1) is 23.7 Å². The van der Waals surface area contributed by atoms with Crippen LogP contribution in [-0.2, 0) is 21.3 Å². The molecule has 0 fully saturated rings. The highest BCUT2D eigenvalue weighted by atomic mass is 32.2. The first-order chi connectivity index (χ1) is 12.2. The summed E-state index contributed by atoms with van der Waals surface area (Å²) in [5.41, 5.74) is 0.938. The topological polar surface area (TPSA) is 102 Å². The Morgan fingerprint density at radius 3 is 2.73 bits per heavy atom. The van der Waals surface area contributed by atoms with Crippen LogP contribution in [0.3, 0.4) is 0 Å². The van der Waals surface area contributed by atoms with Gasteiger partial charge in [-0.3, -0.25) is 4.79 Å². The fraction of sp³-hybridized carbons (Fsp3) is 0.412. The molecule has 8 nitrogen and oxygen atoms in total. The second-order valence-corrected chi connectivity index (χ2v) is 8.10. The first-order valence-electron chi connectivity index (χ1n) is 8.02. The smallest absolute Gasteiger partial charge is 0.251 e. The predicted molar refractivity (Wildman–Crippen MR) is 95.1 cm³/mol. The number of hydrogen-bond donors (Lipinski definition) is 1. The van der Waals surface area contributed by atoms with E-state index in [-0.39, 0.29) is 29.0 Å². The molecule has 0 bridgehead atoms. The Balaban J connectivity index is 2.17. The number of carbonyl (C=O) groups excluding carboxylic acids is 1. The number of benzene rings is 1. The average Bonchev–Trinajstić information content (AvgIpc) is 3.00. The van der Waals surface area contributed by atoms with Crippen molar-refractivity contribution in [3.63, 3.8) is 0 Å². The van der Waals surface area contributed by atoms with Crippen molar-refractivity contribution < 1.29 is 22.5 Å². The summed E-state index contributed by atoms with van der Waals surface area (Å²) in [5.74, 6) is 0.0796. The number of sulfonamides is 1. The predicted octanol–water partition coefficient (Wildman–Crippen LogP) is 1.57. The number of nitrogens with one attached hydrogen (secondary N) is 1. The van der Waals surface area contributed by atoms with Crippen LogP contribution in [0.1, 0.15) is 28.7 Å². The van der Waals surface area contributed by atoms with Gasteiger partial charge in [0.1, 0.15) is 0 Å². The van der Waals surface area contributed by atoms with Gasteiger partial charge in [-0.05, 0) is 32.0 Å². The average molecular weight is 381 g/mol. The van der Waals surface area contributed by atoms with Crippen molar-refractivity contribution in [3.8, 4) is 0 Å². The van der Waals surface area contributed by atoms with Gasteiger partial charge in [0.2, 0.25) is 10.0 Å². The van der Waals surface area contributed by atoms with Crippen molar-refractivity contribution in [2.24, 2.45) is 0 Å². The molecule has 2 rings (SSSR count). The quantitative estimate of drug-likeness (QED) is 0.745. The molecular weight excluding hydrogens is 358 g/mol. The molecule has 0 aliphatic heterocycles. The zero-order valence-corrected chi connectivity index (χ0v) is 16.0. The van der Waals surface area contributed by atoms with Crippen LogP contribution >= 0.6 is 0 Å². The van der Waals surface area contributed by atoms with E-state index in [1.807, 2.05) is 0 Å². The second kappa shape index (κ2) is 8.43. The van der Waals surface area contributed by atoms with Gasteiger partial charge in [-0.25, -0.2) is 8.42 Å². The largest absolute Gasteiger partial charge is 0.383 e. The molecular formula is C17H23N3O5S. The third-order valence-corrected chi connectivity index (χ3v) is 5.45. The summed E-state index contributed by atoms with van der Waals surface area (Å²) in [4.78, 5) is 12.3. The minimum Gasteiger partial charge on any atom is -0.383 e. The molecule has 0 radical (unpaired) electrons. The summed E-state index contributed by atoms with van der Waals surface area (Å²) < 4.78 is 36.7. The van der Waals surface area contributed by atoms with Gasteiger partial charge in [0.25, 0.3) is 5.91 Å². The normalized spacial score (nSPS) is 13.0. The van der Waals surface area contributed by atoms with E-state index in [1.54, 1.807) is 33.1 Å². The van der Waals surface area contributed by atoms with Crippen LogP contribution in [0.5, 0.6) is 0 Å². The molecule has 1 aromatic carbocycles. The molecule has 1 atom stereocenters. The minimum atomic E-state index is -3.78. The Morgan fingerprint density at radius 1 is 1.38 bits per heavy atom. The zero-order chi connectivity index (χ0) is 19.3. The SMILES string of the molecule is COCC(C)NC(=O)c1cccc(S(=O)(=O)N(C)Cc2cc(C)no2)c1. The van der Waals surface area contributed by atoms with E-state index in [2.05, 4.69) is 10.5 Å². The lowest BCUT2D eigenvalue weighted by Gasteiger charge is -2.17. The van der Waals surface area contributed by atoms with Crippen LogP contribution in [0.4, 0.5) is 0 Å². The van der Waals surface area contributed by atoms with E-state index in [4.69, 9.17) is 9.26 Å². The van der Waals surface area contributed by atoms with Gasteiger partial charge >= 0.3 is 0 Å². The van der Waals surface area contributed by atoms with Crippen molar-refractivity contribution >= 4 is 15.9 Å². The molecule has 1 heterocycles. The van der Waals surface area contributed by atoms with E-state index in [0.717, 1.165) is 4.31 Å². The van der Waals surface area contributed by atoms with Gasteiger partial charge in [-0.1, -0.05) is 11.2 Å². The number of methoxy groups -OCH3 is 1. The molecule has 1 aromatic heterocycles. The Bertz CT molecular complexity index is 863. The molecule has 0 aliphatic rings. The molecule has 2 aromatic rings. The molecule has 142 valence electrons. The molecule has 1 amide bonds. The Morgan fingerprint density at radius 2 is 2.12 bits per heavy atom. The summed E-state index contributed by atoms with van der Waals surface area (Å²) in [6, 6.07) is 7.39. The number of rotatable bonds is 8. The lowest BCUT2D eigenvalue weighted by atomic mass is 10.2. The van der Waals surface area contributed by atoms with E-state index in [1.165, 1.54) is 25.2 Å². The fourth-order valence-corrected chi connectivity index (χ4v) is 3.56. The van der Waals surface area contributed by atoms with Gasteiger partial charge in [-0.2, -0.15) is 4.31 Å². The summed E-state index contributed by atoms with van der Waals surface area (Å²) >= 11 is 0. The Kier molecular flexibility index (Phi) is 6.52. The number of aromatic nitrogens is 1. The van der Waals surface area contributed by atoms with Crippen molar-refractivity contribution in [2.75, 3.05) is 20.8 Å². The van der Waals surface area contributed by atoms with Gasteiger partial charge in [0.15, 0.2) is 5.76 Å². The summed E-state index contributed by atoms with van der Waals surface area (Å²) in [5, 5.41) is 6.50. The fourth-order valence-electron chi connectivity index (χ4n) is 2.37. The molecule has 0 aliphatic carbocycles. The van der Waals surface area contributed by atoms with Gasteiger partial charge in [0, 0.05) is 31.8 Å². The van der Waals surface area contributed by atoms with E-state index < -0.39 is 10.0 Å².